The highest BCUT2D eigenvalue weighted by atomic mass is 32.1. The predicted molar refractivity (Wildman–Crippen MR) is 163 cm³/mol. The number of rotatable bonds is 8. The minimum Gasteiger partial charge on any atom is -0.483 e. The molecule has 5 rings (SSSR count). The molecule has 1 aromatic heterocycles. The number of aromatic nitrogens is 1. The fourth-order valence-corrected chi connectivity index (χ4v) is 5.56. The number of nitro groups is 1. The van der Waals surface area contributed by atoms with Crippen molar-refractivity contribution in [3.63, 3.8) is 0 Å². The molecule has 0 bridgehead atoms. The Kier molecular flexibility index (Phi) is 9.24. The van der Waals surface area contributed by atoms with Gasteiger partial charge in [-0.2, -0.15) is 5.26 Å². The number of anilines is 1. The second kappa shape index (κ2) is 13.6. The number of hydrogen-bond acceptors (Lipinski definition) is 9. The van der Waals surface area contributed by atoms with Crippen LogP contribution in [0.1, 0.15) is 5.56 Å². The molecule has 44 heavy (non-hydrogen) atoms. The van der Waals surface area contributed by atoms with Gasteiger partial charge < -0.3 is 19.7 Å². The number of benzene rings is 3. The summed E-state index contributed by atoms with van der Waals surface area (Å²) in [7, 11) is 0. The van der Waals surface area contributed by atoms with E-state index in [1.165, 1.54) is 33.7 Å². The number of hydrogen-bond donors (Lipinski definition) is 1. The molecule has 0 saturated carbocycles. The number of nitro benzene ring substituents is 1. The summed E-state index contributed by atoms with van der Waals surface area (Å²) < 4.78 is 12.5. The monoisotopic (exact) mass is 611 g/mol. The van der Waals surface area contributed by atoms with Gasteiger partial charge >= 0.3 is 0 Å². The molecule has 0 radical (unpaired) electrons. The molecule has 1 saturated heterocycles. The fourth-order valence-electron chi connectivity index (χ4n) is 4.47. The van der Waals surface area contributed by atoms with Crippen molar-refractivity contribution in [2.45, 2.75) is 0 Å². The van der Waals surface area contributed by atoms with E-state index in [9.17, 15) is 29.8 Å². The van der Waals surface area contributed by atoms with Crippen LogP contribution in [0.2, 0.25) is 0 Å². The molecule has 1 aliphatic rings. The van der Waals surface area contributed by atoms with Crippen LogP contribution < -0.4 is 24.8 Å². The molecule has 0 aliphatic carbocycles. The van der Waals surface area contributed by atoms with E-state index in [0.717, 1.165) is 11.3 Å². The smallest absolute Gasteiger partial charge is 0.273 e. The Labute approximate surface area is 254 Å². The van der Waals surface area contributed by atoms with Crippen LogP contribution in [0.3, 0.4) is 0 Å². The van der Waals surface area contributed by atoms with Crippen LogP contribution in [0.5, 0.6) is 5.75 Å². The Balaban J connectivity index is 1.61. The molecule has 12 nitrogen and oxygen atoms in total. The van der Waals surface area contributed by atoms with E-state index in [1.807, 2.05) is 12.1 Å². The Morgan fingerprint density at radius 3 is 2.41 bits per heavy atom. The van der Waals surface area contributed by atoms with Gasteiger partial charge in [-0.15, -0.1) is 11.3 Å². The zero-order chi connectivity index (χ0) is 31.1. The standard InChI is InChI=1S/C31H25N5O7S/c32-19-25(29(38)34-13-15-42-16-14-34)31-35(23-9-5-2-6-10-23)30(39)27(44-31)18-21-17-24(36(40)41)11-12-26(21)43-20-28(37)33-22-7-3-1-4-8-22/h1-12,17-18H,13-16,20H2,(H,33,37). The Hall–Kier alpha value is -5.58. The van der Waals surface area contributed by atoms with Gasteiger partial charge in [-0.3, -0.25) is 29.1 Å². The Bertz CT molecular complexity index is 1930. The third-order valence-electron chi connectivity index (χ3n) is 6.58. The third kappa shape index (κ3) is 6.73. The summed E-state index contributed by atoms with van der Waals surface area (Å²) in [5, 5.41) is 24.4. The topological polar surface area (TPSA) is 157 Å². The van der Waals surface area contributed by atoms with E-state index >= 15 is 0 Å². The van der Waals surface area contributed by atoms with Crippen molar-refractivity contribution in [2.24, 2.45) is 0 Å². The first-order valence-corrected chi connectivity index (χ1v) is 14.2. The van der Waals surface area contributed by atoms with Crippen molar-refractivity contribution in [1.29, 1.82) is 5.26 Å². The lowest BCUT2D eigenvalue weighted by atomic mass is 10.1. The summed E-state index contributed by atoms with van der Waals surface area (Å²) in [6.45, 7) is 0.862. The van der Waals surface area contributed by atoms with Gasteiger partial charge in [-0.25, -0.2) is 0 Å². The molecule has 2 amide bonds. The van der Waals surface area contributed by atoms with Crippen molar-refractivity contribution < 1.29 is 24.0 Å². The van der Waals surface area contributed by atoms with E-state index in [1.54, 1.807) is 54.6 Å². The van der Waals surface area contributed by atoms with E-state index in [4.69, 9.17) is 9.47 Å². The molecule has 0 unspecified atom stereocenters. The lowest BCUT2D eigenvalue weighted by Gasteiger charge is -2.26. The molecule has 222 valence electrons. The molecular weight excluding hydrogens is 586 g/mol. The number of amides is 2. The van der Waals surface area contributed by atoms with Crippen molar-refractivity contribution in [1.82, 2.24) is 9.47 Å². The highest BCUT2D eigenvalue weighted by Gasteiger charge is 2.24. The van der Waals surface area contributed by atoms with Crippen LogP contribution in [-0.4, -0.2) is 59.1 Å². The maximum Gasteiger partial charge on any atom is 0.273 e. The number of nitriles is 1. The second-order valence-corrected chi connectivity index (χ2v) is 10.5. The molecule has 3 aromatic carbocycles. The summed E-state index contributed by atoms with van der Waals surface area (Å²) in [6.07, 6.45) is 1.39. The van der Waals surface area contributed by atoms with Crippen molar-refractivity contribution in [2.75, 3.05) is 38.2 Å². The molecule has 0 spiro atoms. The molecule has 2 heterocycles. The average Bonchev–Trinajstić information content (AvgIpc) is 3.36. The van der Waals surface area contributed by atoms with Crippen molar-refractivity contribution in [3.05, 3.63) is 114 Å². The maximum atomic E-state index is 13.8. The Morgan fingerprint density at radius 1 is 1.07 bits per heavy atom. The third-order valence-corrected chi connectivity index (χ3v) is 7.68. The molecule has 0 atom stereocenters. The predicted octanol–water partition coefficient (Wildman–Crippen LogP) is 2.19. The number of non-ortho nitro benzene ring substituents is 1. The SMILES string of the molecule is N#CC(C(=O)N1CCOCC1)=c1sc(=Cc2cc([N+](=O)[O-])ccc2OCC(=O)Nc2ccccc2)c(=O)n1-c1ccccc1. The van der Waals surface area contributed by atoms with Gasteiger partial charge in [0, 0.05) is 36.5 Å². The largest absolute Gasteiger partial charge is 0.483 e. The maximum absolute atomic E-state index is 13.8. The Morgan fingerprint density at radius 2 is 1.75 bits per heavy atom. The summed E-state index contributed by atoms with van der Waals surface area (Å²) in [5.41, 5.74) is 0.141. The van der Waals surface area contributed by atoms with Gasteiger partial charge in [0.05, 0.1) is 28.4 Å². The summed E-state index contributed by atoms with van der Waals surface area (Å²) in [5.74, 6) is -0.870. The van der Waals surface area contributed by atoms with Crippen molar-refractivity contribution in [3.8, 4) is 17.5 Å². The molecular formula is C31H25N5O7S. The van der Waals surface area contributed by atoms with Crippen LogP contribution in [-0.2, 0) is 14.3 Å². The number of carbonyl (C=O) groups is 2. The number of ether oxygens (including phenoxy) is 2. The number of para-hydroxylation sites is 2. The number of morpholine rings is 1. The lowest BCUT2D eigenvalue weighted by Crippen LogP contribution is -2.42. The first-order chi connectivity index (χ1) is 21.4. The highest BCUT2D eigenvalue weighted by Crippen LogP contribution is 2.25. The van der Waals surface area contributed by atoms with Crippen LogP contribution in [0, 0.1) is 21.4 Å². The van der Waals surface area contributed by atoms with Crippen LogP contribution in [0.15, 0.2) is 83.7 Å². The summed E-state index contributed by atoms with van der Waals surface area (Å²) in [6, 6.07) is 23.1. The minimum atomic E-state index is -0.589. The van der Waals surface area contributed by atoms with Crippen LogP contribution >= 0.6 is 11.3 Å². The average molecular weight is 612 g/mol. The number of nitrogens with one attached hydrogen (secondary N) is 1. The zero-order valence-electron chi connectivity index (χ0n) is 23.2. The molecule has 1 aliphatic heterocycles. The van der Waals surface area contributed by atoms with Gasteiger partial charge in [0.15, 0.2) is 12.2 Å². The molecule has 13 heteroatoms. The van der Waals surface area contributed by atoms with Crippen LogP contribution in [0.25, 0.3) is 17.3 Å². The lowest BCUT2D eigenvalue weighted by molar-refractivity contribution is -0.384. The highest BCUT2D eigenvalue weighted by molar-refractivity contribution is 7.07. The molecule has 1 fully saturated rings. The van der Waals surface area contributed by atoms with Gasteiger partial charge in [0.25, 0.3) is 23.1 Å². The molecule has 4 aromatic rings. The van der Waals surface area contributed by atoms with Crippen LogP contribution in [0.4, 0.5) is 11.4 Å². The van der Waals surface area contributed by atoms with E-state index in [0.29, 0.717) is 37.7 Å². The van der Waals surface area contributed by atoms with Gasteiger partial charge in [-0.05, 0) is 36.4 Å². The van der Waals surface area contributed by atoms with Gasteiger partial charge in [0.1, 0.15) is 16.5 Å². The number of thiazole rings is 1. The number of nitrogens with zero attached hydrogens (tertiary/aromatic N) is 4. The van der Waals surface area contributed by atoms with Gasteiger partial charge in [0.2, 0.25) is 0 Å². The zero-order valence-corrected chi connectivity index (χ0v) is 24.0. The van der Waals surface area contributed by atoms with E-state index in [-0.39, 0.29) is 31.8 Å². The minimum absolute atomic E-state index is 0.0884. The first kappa shape index (κ1) is 29.9. The van der Waals surface area contributed by atoms with E-state index in [2.05, 4.69) is 5.32 Å². The molecule has 1 N–H and O–H groups in total. The fraction of sp³-hybridized carbons (Fsp3) is 0.161. The second-order valence-electron chi connectivity index (χ2n) is 9.47. The normalized spacial score (nSPS) is 14.0. The quantitative estimate of drug-likeness (QED) is 0.235. The number of carbonyl (C=O) groups excluding carboxylic acids is 2. The first-order valence-electron chi connectivity index (χ1n) is 13.4. The summed E-state index contributed by atoms with van der Waals surface area (Å²) in [4.78, 5) is 52.3. The van der Waals surface area contributed by atoms with E-state index < -0.39 is 28.9 Å². The van der Waals surface area contributed by atoms with Gasteiger partial charge in [-0.1, -0.05) is 36.4 Å². The summed E-state index contributed by atoms with van der Waals surface area (Å²) >= 11 is 0.902. The van der Waals surface area contributed by atoms with Crippen molar-refractivity contribution >= 4 is 46.2 Å².